The van der Waals surface area contributed by atoms with Gasteiger partial charge in [-0.2, -0.15) is 0 Å². The van der Waals surface area contributed by atoms with E-state index in [0.29, 0.717) is 0 Å². The van der Waals surface area contributed by atoms with Crippen molar-refractivity contribution in [3.05, 3.63) is 23.3 Å². The van der Waals surface area contributed by atoms with Gasteiger partial charge in [-0.05, 0) is 18.8 Å². The molecule has 0 saturated carbocycles. The summed E-state index contributed by atoms with van der Waals surface area (Å²) in [6.07, 6.45) is 3.56. The first-order chi connectivity index (χ1) is 10.3. The fourth-order valence-corrected chi connectivity index (χ4v) is 4.46. The van der Waals surface area contributed by atoms with Gasteiger partial charge >= 0.3 is 11.9 Å². The van der Waals surface area contributed by atoms with Gasteiger partial charge in [-0.25, -0.2) is 9.59 Å². The smallest absolute Gasteiger partial charge is 0.341 e. The maximum atomic E-state index is 12.3. The first kappa shape index (κ1) is 15.2. The lowest BCUT2D eigenvalue weighted by Gasteiger charge is -2.50. The van der Waals surface area contributed by atoms with Gasteiger partial charge in [-0.3, -0.25) is 0 Å². The summed E-state index contributed by atoms with van der Waals surface area (Å²) >= 11 is 0. The number of aliphatic hydroxyl groups is 1. The number of carbonyl (C=O) groups is 2. The zero-order valence-electron chi connectivity index (χ0n) is 12.8. The summed E-state index contributed by atoms with van der Waals surface area (Å²) in [4.78, 5) is 23.9. The van der Waals surface area contributed by atoms with Crippen LogP contribution in [0.25, 0.3) is 0 Å². The van der Waals surface area contributed by atoms with Gasteiger partial charge in [0.2, 0.25) is 0 Å². The number of ether oxygens (including phenoxy) is 2. The number of hydrogen-bond donors (Lipinski definition) is 2. The number of aliphatic carboxylic acids is 1. The molecule has 0 aromatic carbocycles. The van der Waals surface area contributed by atoms with E-state index in [1.54, 1.807) is 6.08 Å². The third kappa shape index (κ3) is 1.57. The second-order valence-electron chi connectivity index (χ2n) is 6.51. The van der Waals surface area contributed by atoms with E-state index in [1.807, 2.05) is 19.9 Å². The topological polar surface area (TPSA) is 93.1 Å². The van der Waals surface area contributed by atoms with Crippen LogP contribution in [0.3, 0.4) is 0 Å². The van der Waals surface area contributed by atoms with Gasteiger partial charge in [0.05, 0.1) is 13.2 Å². The lowest BCUT2D eigenvalue weighted by molar-refractivity contribution is -0.214. The van der Waals surface area contributed by atoms with Crippen LogP contribution in [-0.4, -0.2) is 48.1 Å². The first-order valence-corrected chi connectivity index (χ1v) is 7.32. The molecule has 0 aromatic heterocycles. The van der Waals surface area contributed by atoms with Crippen molar-refractivity contribution in [2.45, 2.75) is 19.4 Å². The van der Waals surface area contributed by atoms with Crippen molar-refractivity contribution in [2.75, 3.05) is 20.3 Å². The van der Waals surface area contributed by atoms with Crippen LogP contribution >= 0.6 is 0 Å². The third-order valence-corrected chi connectivity index (χ3v) is 5.62. The highest BCUT2D eigenvalue weighted by atomic mass is 16.6. The number of methoxy groups -OCH3 is 1. The Morgan fingerprint density at radius 3 is 2.82 bits per heavy atom. The van der Waals surface area contributed by atoms with Crippen molar-refractivity contribution >= 4 is 11.9 Å². The molecule has 2 N–H and O–H groups in total. The SMILES string of the molecule is COC[C@]1(O)C(=O)OC[C@@H]2C(C(=O)O)=C[C@@H]3[C@@H](C)C(C)=C[C@@]231. The quantitative estimate of drug-likeness (QED) is 0.590. The van der Waals surface area contributed by atoms with Crippen LogP contribution in [0.2, 0.25) is 0 Å². The molecule has 0 bridgehead atoms. The van der Waals surface area contributed by atoms with Crippen LogP contribution in [-0.2, 0) is 19.1 Å². The Hall–Kier alpha value is -1.66. The molecule has 2 aliphatic carbocycles. The van der Waals surface area contributed by atoms with E-state index in [1.165, 1.54) is 7.11 Å². The van der Waals surface area contributed by atoms with Crippen molar-refractivity contribution in [3.63, 3.8) is 0 Å². The molecule has 1 fully saturated rings. The Bertz CT molecular complexity index is 606. The van der Waals surface area contributed by atoms with Crippen LogP contribution in [0, 0.1) is 23.2 Å². The summed E-state index contributed by atoms with van der Waals surface area (Å²) in [7, 11) is 1.40. The molecule has 6 nitrogen and oxygen atoms in total. The van der Waals surface area contributed by atoms with Crippen LogP contribution in [0.15, 0.2) is 23.3 Å². The zero-order valence-corrected chi connectivity index (χ0v) is 12.8. The molecule has 1 saturated heterocycles. The molecule has 0 radical (unpaired) electrons. The maximum absolute atomic E-state index is 12.3. The standard InChI is InChI=1S/C16H20O6/c1-8-5-15-11(9(8)2)4-10(13(17)18)12(15)6-22-14(19)16(15,20)7-21-3/h4-5,9,11-12,20H,6-7H2,1-3H3,(H,17,18)/t9-,11+,12+,15-,16-/m0/s1. The van der Waals surface area contributed by atoms with Gasteiger partial charge in [-0.15, -0.1) is 0 Å². The van der Waals surface area contributed by atoms with Crippen molar-refractivity contribution < 1.29 is 29.3 Å². The molecule has 1 aliphatic heterocycles. The molecule has 22 heavy (non-hydrogen) atoms. The Balaban J connectivity index is 2.21. The van der Waals surface area contributed by atoms with Crippen LogP contribution in [0.4, 0.5) is 0 Å². The highest BCUT2D eigenvalue weighted by Crippen LogP contribution is 2.64. The van der Waals surface area contributed by atoms with E-state index in [-0.39, 0.29) is 30.6 Å². The minimum Gasteiger partial charge on any atom is -0.478 e. The minimum absolute atomic E-state index is 0.0318. The monoisotopic (exact) mass is 308 g/mol. The summed E-state index contributed by atoms with van der Waals surface area (Å²) in [5.41, 5.74) is -1.63. The van der Waals surface area contributed by atoms with E-state index in [4.69, 9.17) is 9.47 Å². The Morgan fingerprint density at radius 2 is 2.23 bits per heavy atom. The van der Waals surface area contributed by atoms with Gasteiger partial charge < -0.3 is 19.7 Å². The van der Waals surface area contributed by atoms with Crippen LogP contribution < -0.4 is 0 Å². The number of cyclic esters (lactones) is 1. The molecule has 0 unspecified atom stereocenters. The van der Waals surface area contributed by atoms with Crippen LogP contribution in [0.5, 0.6) is 0 Å². The Labute approximate surface area is 128 Å². The maximum Gasteiger partial charge on any atom is 0.341 e. The molecule has 120 valence electrons. The fraction of sp³-hybridized carbons (Fsp3) is 0.625. The van der Waals surface area contributed by atoms with Crippen LogP contribution in [0.1, 0.15) is 13.8 Å². The number of carboxylic acids is 1. The molecular formula is C16H20O6. The lowest BCUT2D eigenvalue weighted by Crippen LogP contribution is -2.65. The largest absolute Gasteiger partial charge is 0.478 e. The van der Waals surface area contributed by atoms with E-state index in [9.17, 15) is 19.8 Å². The van der Waals surface area contributed by atoms with Gasteiger partial charge in [0.25, 0.3) is 0 Å². The average Bonchev–Trinajstić information content (AvgIpc) is 2.90. The number of rotatable bonds is 3. The highest BCUT2D eigenvalue weighted by Gasteiger charge is 2.71. The molecule has 1 heterocycles. The fourth-order valence-electron chi connectivity index (χ4n) is 4.46. The van der Waals surface area contributed by atoms with E-state index in [0.717, 1.165) is 5.57 Å². The normalized spacial score (nSPS) is 43.1. The highest BCUT2D eigenvalue weighted by molar-refractivity contribution is 5.91. The van der Waals surface area contributed by atoms with Crippen molar-refractivity contribution in [1.82, 2.24) is 0 Å². The number of carboxylic acid groups (broad SMARTS) is 1. The summed E-state index contributed by atoms with van der Waals surface area (Å²) in [5, 5.41) is 20.6. The van der Waals surface area contributed by atoms with E-state index in [2.05, 4.69) is 0 Å². The summed E-state index contributed by atoms with van der Waals surface area (Å²) < 4.78 is 10.2. The Morgan fingerprint density at radius 1 is 1.55 bits per heavy atom. The molecule has 3 aliphatic rings. The van der Waals surface area contributed by atoms with E-state index < -0.39 is 28.9 Å². The summed E-state index contributed by atoms with van der Waals surface area (Å²) in [6.45, 7) is 3.67. The van der Waals surface area contributed by atoms with Gasteiger partial charge in [0.1, 0.15) is 0 Å². The van der Waals surface area contributed by atoms with Crippen molar-refractivity contribution in [3.8, 4) is 0 Å². The summed E-state index contributed by atoms with van der Waals surface area (Å²) in [5.74, 6) is -2.54. The number of hydrogen-bond acceptors (Lipinski definition) is 5. The van der Waals surface area contributed by atoms with Gasteiger partial charge in [0, 0.05) is 24.0 Å². The Kier molecular flexibility index (Phi) is 3.23. The molecule has 5 atom stereocenters. The molecule has 0 amide bonds. The second-order valence-corrected chi connectivity index (χ2v) is 6.51. The number of carbonyl (C=O) groups excluding carboxylic acids is 1. The van der Waals surface area contributed by atoms with Gasteiger partial charge in [-0.1, -0.05) is 24.6 Å². The second kappa shape index (κ2) is 4.67. The molecule has 3 rings (SSSR count). The zero-order chi connectivity index (χ0) is 16.3. The van der Waals surface area contributed by atoms with E-state index >= 15 is 0 Å². The molecular weight excluding hydrogens is 288 g/mol. The minimum atomic E-state index is -1.88. The molecule has 0 aromatic rings. The summed E-state index contributed by atoms with van der Waals surface area (Å²) in [6, 6.07) is 0. The first-order valence-electron chi connectivity index (χ1n) is 7.32. The van der Waals surface area contributed by atoms with Gasteiger partial charge in [0.15, 0.2) is 5.60 Å². The predicted octanol–water partition coefficient (Wildman–Crippen LogP) is 0.760. The third-order valence-electron chi connectivity index (χ3n) is 5.62. The average molecular weight is 308 g/mol. The molecule has 1 spiro atoms. The number of esters is 1. The number of allylic oxidation sites excluding steroid dienone is 2. The predicted molar refractivity (Wildman–Crippen MR) is 75.8 cm³/mol. The lowest BCUT2D eigenvalue weighted by atomic mass is 9.59. The molecule has 6 heteroatoms. The van der Waals surface area contributed by atoms with Crippen molar-refractivity contribution in [2.24, 2.45) is 23.2 Å². The van der Waals surface area contributed by atoms with Crippen molar-refractivity contribution in [1.29, 1.82) is 0 Å².